The second-order valence-electron chi connectivity index (χ2n) is 3.39. The Bertz CT molecular complexity index is 268. The summed E-state index contributed by atoms with van der Waals surface area (Å²) in [5.41, 5.74) is 2.23. The van der Waals surface area contributed by atoms with Gasteiger partial charge in [0.25, 0.3) is 0 Å². The standard InChI is InChI=1S/C9H17N3O/c1-7(13)4-10-5-9-6-12(3)11-8(9)2/h6-7,10,13H,4-5H2,1-3H3/t7-/m0/s1. The van der Waals surface area contributed by atoms with Crippen molar-refractivity contribution in [3.05, 3.63) is 17.5 Å². The third-order valence-electron chi connectivity index (χ3n) is 1.87. The average molecular weight is 183 g/mol. The number of nitrogens with zero attached hydrogens (tertiary/aromatic N) is 2. The van der Waals surface area contributed by atoms with Crippen LogP contribution in [-0.2, 0) is 13.6 Å². The smallest absolute Gasteiger partial charge is 0.0638 e. The minimum Gasteiger partial charge on any atom is -0.392 e. The number of aryl methyl sites for hydroxylation is 2. The molecule has 0 bridgehead atoms. The molecule has 0 radical (unpaired) electrons. The first-order valence-electron chi connectivity index (χ1n) is 4.47. The van der Waals surface area contributed by atoms with Gasteiger partial charge in [-0.05, 0) is 13.8 Å². The van der Waals surface area contributed by atoms with Gasteiger partial charge in [-0.2, -0.15) is 5.10 Å². The van der Waals surface area contributed by atoms with E-state index in [0.717, 1.165) is 12.2 Å². The van der Waals surface area contributed by atoms with E-state index in [0.29, 0.717) is 6.54 Å². The quantitative estimate of drug-likeness (QED) is 0.701. The molecule has 4 heteroatoms. The number of hydrogen-bond acceptors (Lipinski definition) is 3. The van der Waals surface area contributed by atoms with E-state index in [-0.39, 0.29) is 6.10 Å². The van der Waals surface area contributed by atoms with Gasteiger partial charge in [0.15, 0.2) is 0 Å². The van der Waals surface area contributed by atoms with Gasteiger partial charge in [-0.1, -0.05) is 0 Å². The highest BCUT2D eigenvalue weighted by atomic mass is 16.3. The molecule has 0 aliphatic rings. The Kier molecular flexibility index (Phi) is 3.45. The molecule has 1 atom stereocenters. The summed E-state index contributed by atoms with van der Waals surface area (Å²) >= 11 is 0. The molecule has 0 saturated carbocycles. The summed E-state index contributed by atoms with van der Waals surface area (Å²) in [7, 11) is 1.91. The molecule has 1 aromatic heterocycles. The molecule has 0 aliphatic heterocycles. The number of hydrogen-bond donors (Lipinski definition) is 2. The van der Waals surface area contributed by atoms with E-state index >= 15 is 0 Å². The molecule has 0 spiro atoms. The minimum absolute atomic E-state index is 0.294. The highest BCUT2D eigenvalue weighted by Gasteiger charge is 2.02. The van der Waals surface area contributed by atoms with Crippen LogP contribution >= 0.6 is 0 Å². The first kappa shape index (κ1) is 10.2. The van der Waals surface area contributed by atoms with Crippen molar-refractivity contribution in [3.63, 3.8) is 0 Å². The zero-order valence-corrected chi connectivity index (χ0v) is 8.41. The Balaban J connectivity index is 2.40. The topological polar surface area (TPSA) is 50.1 Å². The van der Waals surface area contributed by atoms with Gasteiger partial charge in [-0.15, -0.1) is 0 Å². The Labute approximate surface area is 78.6 Å². The van der Waals surface area contributed by atoms with Gasteiger partial charge in [0.1, 0.15) is 0 Å². The molecule has 2 N–H and O–H groups in total. The lowest BCUT2D eigenvalue weighted by atomic mass is 10.2. The first-order chi connectivity index (χ1) is 6.09. The van der Waals surface area contributed by atoms with E-state index in [4.69, 9.17) is 5.11 Å². The molecule has 0 fully saturated rings. The molecule has 0 unspecified atom stereocenters. The van der Waals surface area contributed by atoms with Gasteiger partial charge in [0, 0.05) is 31.9 Å². The van der Waals surface area contributed by atoms with Crippen LogP contribution in [0, 0.1) is 6.92 Å². The van der Waals surface area contributed by atoms with Gasteiger partial charge in [0.05, 0.1) is 11.8 Å². The van der Waals surface area contributed by atoms with Crippen LogP contribution in [0.15, 0.2) is 6.20 Å². The van der Waals surface area contributed by atoms with E-state index in [1.54, 1.807) is 11.6 Å². The van der Waals surface area contributed by atoms with Crippen molar-refractivity contribution in [1.82, 2.24) is 15.1 Å². The van der Waals surface area contributed by atoms with Crippen molar-refractivity contribution < 1.29 is 5.11 Å². The number of aliphatic hydroxyl groups is 1. The number of rotatable bonds is 4. The largest absolute Gasteiger partial charge is 0.392 e. The van der Waals surface area contributed by atoms with Crippen molar-refractivity contribution in [3.8, 4) is 0 Å². The van der Waals surface area contributed by atoms with Crippen molar-refractivity contribution in [2.75, 3.05) is 6.54 Å². The third kappa shape index (κ3) is 3.16. The second kappa shape index (κ2) is 4.39. The SMILES string of the molecule is Cc1nn(C)cc1CNC[C@H](C)O. The van der Waals surface area contributed by atoms with Crippen LogP contribution in [0.2, 0.25) is 0 Å². The van der Waals surface area contributed by atoms with Gasteiger partial charge in [0.2, 0.25) is 0 Å². The van der Waals surface area contributed by atoms with Crippen LogP contribution in [0.3, 0.4) is 0 Å². The summed E-state index contributed by atoms with van der Waals surface area (Å²) in [4.78, 5) is 0. The van der Waals surface area contributed by atoms with E-state index in [2.05, 4.69) is 10.4 Å². The van der Waals surface area contributed by atoms with Crippen molar-refractivity contribution in [1.29, 1.82) is 0 Å². The van der Waals surface area contributed by atoms with Gasteiger partial charge in [-0.25, -0.2) is 0 Å². The molecule has 74 valence electrons. The van der Waals surface area contributed by atoms with Crippen LogP contribution in [0.4, 0.5) is 0 Å². The summed E-state index contributed by atoms with van der Waals surface area (Å²) in [6, 6.07) is 0. The predicted molar refractivity (Wildman–Crippen MR) is 51.3 cm³/mol. The van der Waals surface area contributed by atoms with Crippen LogP contribution < -0.4 is 5.32 Å². The molecule has 4 nitrogen and oxygen atoms in total. The van der Waals surface area contributed by atoms with E-state index in [9.17, 15) is 0 Å². The summed E-state index contributed by atoms with van der Waals surface area (Å²) in [5.74, 6) is 0. The predicted octanol–water partition coefficient (Wildman–Crippen LogP) is 0.199. The van der Waals surface area contributed by atoms with Crippen molar-refractivity contribution in [2.24, 2.45) is 7.05 Å². The molecule has 13 heavy (non-hydrogen) atoms. The van der Waals surface area contributed by atoms with E-state index in [1.807, 2.05) is 20.2 Å². The van der Waals surface area contributed by atoms with Crippen LogP contribution in [0.1, 0.15) is 18.2 Å². The van der Waals surface area contributed by atoms with Crippen LogP contribution in [0.25, 0.3) is 0 Å². The third-order valence-corrected chi connectivity index (χ3v) is 1.87. The molecule has 1 heterocycles. The van der Waals surface area contributed by atoms with E-state index < -0.39 is 0 Å². The lowest BCUT2D eigenvalue weighted by molar-refractivity contribution is 0.191. The fourth-order valence-corrected chi connectivity index (χ4v) is 1.24. The summed E-state index contributed by atoms with van der Waals surface area (Å²) in [6.07, 6.45) is 1.70. The Hall–Kier alpha value is -0.870. The van der Waals surface area contributed by atoms with E-state index in [1.165, 1.54) is 5.56 Å². The Morgan fingerprint density at radius 3 is 2.85 bits per heavy atom. The van der Waals surface area contributed by atoms with Gasteiger partial charge < -0.3 is 10.4 Å². The fourth-order valence-electron chi connectivity index (χ4n) is 1.24. The number of aliphatic hydroxyl groups excluding tert-OH is 1. The Morgan fingerprint density at radius 1 is 1.69 bits per heavy atom. The van der Waals surface area contributed by atoms with Gasteiger partial charge >= 0.3 is 0 Å². The van der Waals surface area contributed by atoms with Crippen molar-refractivity contribution >= 4 is 0 Å². The molecule has 0 aromatic carbocycles. The lowest BCUT2D eigenvalue weighted by Gasteiger charge is -2.05. The highest BCUT2D eigenvalue weighted by Crippen LogP contribution is 2.03. The lowest BCUT2D eigenvalue weighted by Crippen LogP contribution is -2.23. The molecule has 0 aliphatic carbocycles. The molecular formula is C9H17N3O. The monoisotopic (exact) mass is 183 g/mol. The molecule has 0 saturated heterocycles. The number of aromatic nitrogens is 2. The Morgan fingerprint density at radius 2 is 2.38 bits per heavy atom. The first-order valence-corrected chi connectivity index (χ1v) is 4.47. The van der Waals surface area contributed by atoms with Crippen molar-refractivity contribution in [2.45, 2.75) is 26.5 Å². The number of nitrogens with one attached hydrogen (secondary N) is 1. The fraction of sp³-hybridized carbons (Fsp3) is 0.667. The summed E-state index contributed by atoms with van der Waals surface area (Å²) in [5, 5.41) is 16.4. The van der Waals surface area contributed by atoms with Gasteiger partial charge in [-0.3, -0.25) is 4.68 Å². The zero-order chi connectivity index (χ0) is 9.84. The summed E-state index contributed by atoms with van der Waals surface area (Å²) < 4.78 is 1.80. The maximum absolute atomic E-state index is 9.02. The maximum Gasteiger partial charge on any atom is 0.0638 e. The second-order valence-corrected chi connectivity index (χ2v) is 3.39. The minimum atomic E-state index is -0.294. The highest BCUT2D eigenvalue weighted by molar-refractivity contribution is 5.14. The zero-order valence-electron chi connectivity index (χ0n) is 8.41. The average Bonchev–Trinajstić information content (AvgIpc) is 2.29. The summed E-state index contributed by atoms with van der Waals surface area (Å²) in [6.45, 7) is 5.14. The van der Waals surface area contributed by atoms with Crippen LogP contribution in [0.5, 0.6) is 0 Å². The molecule has 1 aromatic rings. The molecule has 0 amide bonds. The molecular weight excluding hydrogens is 166 g/mol. The van der Waals surface area contributed by atoms with Crippen LogP contribution in [-0.4, -0.2) is 27.5 Å². The maximum atomic E-state index is 9.02. The normalized spacial score (nSPS) is 13.2. The molecule has 1 rings (SSSR count).